The van der Waals surface area contributed by atoms with Crippen LogP contribution in [-0.4, -0.2) is 4.98 Å². The Labute approximate surface area is 182 Å². The fourth-order valence-corrected chi connectivity index (χ4v) is 4.22. The van der Waals surface area contributed by atoms with E-state index in [1.165, 1.54) is 27.8 Å². The molecule has 0 spiro atoms. The fraction of sp³-hybridized carbons (Fsp3) is 0.222. The second-order valence-electron chi connectivity index (χ2n) is 8.56. The minimum atomic E-state index is 0.101. The molecule has 3 aromatic rings. The molecule has 2 heteroatoms. The fourth-order valence-electron chi connectivity index (χ4n) is 3.72. The van der Waals surface area contributed by atoms with Gasteiger partial charge in [0.2, 0.25) is 0 Å². The molecule has 0 bridgehead atoms. The van der Waals surface area contributed by atoms with Gasteiger partial charge in [0.15, 0.2) is 0 Å². The topological polar surface area (TPSA) is 12.9 Å². The van der Waals surface area contributed by atoms with Gasteiger partial charge in [0, 0.05) is 16.2 Å². The summed E-state index contributed by atoms with van der Waals surface area (Å²) in [5.74, 6) is 0. The van der Waals surface area contributed by atoms with E-state index in [2.05, 4.69) is 115 Å². The van der Waals surface area contributed by atoms with Crippen molar-refractivity contribution in [2.75, 3.05) is 0 Å². The normalized spacial score (nSPS) is 14.0. The molecule has 0 atom stereocenters. The van der Waals surface area contributed by atoms with Crippen molar-refractivity contribution < 1.29 is 0 Å². The number of hydrogen-bond acceptors (Lipinski definition) is 1. The van der Waals surface area contributed by atoms with Gasteiger partial charge in [-0.15, -0.1) is 0 Å². The third-order valence-electron chi connectivity index (χ3n) is 5.41. The van der Waals surface area contributed by atoms with Crippen molar-refractivity contribution in [2.24, 2.45) is 0 Å². The third-order valence-corrected chi connectivity index (χ3v) is 6.10. The van der Waals surface area contributed by atoms with Crippen LogP contribution in [0.5, 0.6) is 0 Å². The van der Waals surface area contributed by atoms with Crippen LogP contribution in [0.1, 0.15) is 44.7 Å². The number of benzene rings is 2. The van der Waals surface area contributed by atoms with Crippen molar-refractivity contribution in [3.05, 3.63) is 94.6 Å². The lowest BCUT2D eigenvalue weighted by atomic mass is 9.86. The maximum Gasteiger partial charge on any atom is 0.0705 e. The zero-order chi connectivity index (χ0) is 20.4. The lowest BCUT2D eigenvalue weighted by molar-refractivity contribution is 0.589. The maximum atomic E-state index is 4.68. The number of allylic oxidation sites excluding steroid dienone is 4. The summed E-state index contributed by atoms with van der Waals surface area (Å²) >= 11 is 3.74. The number of aromatic nitrogens is 1. The van der Waals surface area contributed by atoms with Gasteiger partial charge < -0.3 is 0 Å². The summed E-state index contributed by atoms with van der Waals surface area (Å²) in [5, 5.41) is 0. The van der Waals surface area contributed by atoms with Crippen LogP contribution >= 0.6 is 15.9 Å². The van der Waals surface area contributed by atoms with Crippen molar-refractivity contribution in [3.63, 3.8) is 0 Å². The molecular formula is C27H26BrN. The minimum absolute atomic E-state index is 0.101. The van der Waals surface area contributed by atoms with Crippen molar-refractivity contribution in [1.82, 2.24) is 4.98 Å². The lowest BCUT2D eigenvalue weighted by Crippen LogP contribution is -2.11. The van der Waals surface area contributed by atoms with Gasteiger partial charge in [-0.25, -0.2) is 0 Å². The Hall–Kier alpha value is -2.45. The molecule has 0 N–H and O–H groups in total. The van der Waals surface area contributed by atoms with Crippen molar-refractivity contribution >= 4 is 21.5 Å². The van der Waals surface area contributed by atoms with E-state index in [1.807, 2.05) is 6.20 Å². The molecular weight excluding hydrogens is 418 g/mol. The second-order valence-corrected chi connectivity index (χ2v) is 9.41. The van der Waals surface area contributed by atoms with Gasteiger partial charge in [0.25, 0.3) is 0 Å². The van der Waals surface area contributed by atoms with E-state index < -0.39 is 0 Å². The molecule has 146 valence electrons. The molecule has 1 aliphatic carbocycles. The summed E-state index contributed by atoms with van der Waals surface area (Å²) in [4.78, 5) is 4.68. The van der Waals surface area contributed by atoms with Crippen LogP contribution in [0.3, 0.4) is 0 Å². The summed E-state index contributed by atoms with van der Waals surface area (Å²) in [5.41, 5.74) is 8.58. The molecule has 4 rings (SSSR count). The first-order valence-corrected chi connectivity index (χ1v) is 11.0. The van der Waals surface area contributed by atoms with Crippen LogP contribution in [0.15, 0.2) is 83.5 Å². The average Bonchev–Trinajstić information content (AvgIpc) is 2.74. The maximum absolute atomic E-state index is 4.68. The largest absolute Gasteiger partial charge is 0.256 e. The van der Waals surface area contributed by atoms with E-state index in [0.29, 0.717) is 0 Å². The Bertz CT molecular complexity index is 1100. The Morgan fingerprint density at radius 2 is 1.69 bits per heavy atom. The number of nitrogens with zero attached hydrogens (tertiary/aromatic N) is 1. The number of hydrogen-bond donors (Lipinski definition) is 0. The quantitative estimate of drug-likeness (QED) is 0.397. The first-order valence-electron chi connectivity index (χ1n) is 10.2. The Morgan fingerprint density at radius 1 is 0.862 bits per heavy atom. The molecule has 1 aromatic heterocycles. The van der Waals surface area contributed by atoms with Crippen LogP contribution in [0.2, 0.25) is 0 Å². The van der Waals surface area contributed by atoms with Crippen LogP contribution in [0, 0.1) is 0 Å². The zero-order valence-electron chi connectivity index (χ0n) is 17.2. The van der Waals surface area contributed by atoms with Crippen molar-refractivity contribution in [3.8, 4) is 22.4 Å². The molecule has 1 aliphatic rings. The van der Waals surface area contributed by atoms with Gasteiger partial charge in [-0.1, -0.05) is 85.3 Å². The summed E-state index contributed by atoms with van der Waals surface area (Å²) in [6, 6.07) is 19.5. The van der Waals surface area contributed by atoms with E-state index in [-0.39, 0.29) is 5.41 Å². The molecule has 0 unspecified atom stereocenters. The predicted octanol–water partition coefficient (Wildman–Crippen LogP) is 8.21. The third kappa shape index (κ3) is 4.28. The molecule has 0 radical (unpaired) electrons. The summed E-state index contributed by atoms with van der Waals surface area (Å²) < 4.78 is 1.11. The first kappa shape index (κ1) is 19.8. The highest BCUT2D eigenvalue weighted by molar-refractivity contribution is 9.10. The molecule has 1 heterocycles. The van der Waals surface area contributed by atoms with Crippen LogP contribution in [0.25, 0.3) is 28.0 Å². The molecule has 0 aliphatic heterocycles. The molecule has 0 saturated heterocycles. The van der Waals surface area contributed by atoms with Gasteiger partial charge in [-0.05, 0) is 70.3 Å². The molecule has 1 nitrogen and oxygen atoms in total. The predicted molar refractivity (Wildman–Crippen MR) is 128 cm³/mol. The average molecular weight is 444 g/mol. The van der Waals surface area contributed by atoms with Crippen LogP contribution in [0.4, 0.5) is 0 Å². The van der Waals surface area contributed by atoms with E-state index in [9.17, 15) is 0 Å². The second kappa shape index (κ2) is 8.12. The number of rotatable bonds is 3. The first-order chi connectivity index (χ1) is 13.9. The van der Waals surface area contributed by atoms with Gasteiger partial charge in [0.1, 0.15) is 0 Å². The van der Waals surface area contributed by atoms with Crippen molar-refractivity contribution in [2.45, 2.75) is 39.0 Å². The van der Waals surface area contributed by atoms with Crippen LogP contribution < -0.4 is 0 Å². The highest BCUT2D eigenvalue weighted by Gasteiger charge is 2.17. The van der Waals surface area contributed by atoms with E-state index in [0.717, 1.165) is 28.6 Å². The summed E-state index contributed by atoms with van der Waals surface area (Å²) in [6.07, 6.45) is 11.0. The number of pyridine rings is 1. The molecule has 2 aromatic carbocycles. The summed E-state index contributed by atoms with van der Waals surface area (Å²) in [6.45, 7) is 6.72. The van der Waals surface area contributed by atoms with Gasteiger partial charge in [0.05, 0.1) is 5.69 Å². The summed E-state index contributed by atoms with van der Waals surface area (Å²) in [7, 11) is 0. The molecule has 0 amide bonds. The Morgan fingerprint density at radius 3 is 2.41 bits per heavy atom. The monoisotopic (exact) mass is 443 g/mol. The standard InChI is InChI=1S/C27H26BrN/c1-27(2,3)21-15-16-29-26(18-21)20-13-14-22(23-11-7-8-12-25(23)28)24(17-20)19-9-5-4-6-10-19/h5,7-18H,4,6H2,1-3H3. The Balaban J connectivity index is 1.88. The highest BCUT2D eigenvalue weighted by Crippen LogP contribution is 2.38. The lowest BCUT2D eigenvalue weighted by Gasteiger charge is -2.20. The van der Waals surface area contributed by atoms with E-state index >= 15 is 0 Å². The molecule has 0 fully saturated rings. The minimum Gasteiger partial charge on any atom is -0.256 e. The smallest absolute Gasteiger partial charge is 0.0705 e. The molecule has 0 saturated carbocycles. The molecule has 29 heavy (non-hydrogen) atoms. The Kier molecular flexibility index (Phi) is 5.56. The highest BCUT2D eigenvalue weighted by atomic mass is 79.9. The van der Waals surface area contributed by atoms with E-state index in [1.54, 1.807) is 0 Å². The van der Waals surface area contributed by atoms with Crippen LogP contribution in [-0.2, 0) is 5.41 Å². The van der Waals surface area contributed by atoms with Gasteiger partial charge in [-0.3, -0.25) is 4.98 Å². The van der Waals surface area contributed by atoms with E-state index in [4.69, 9.17) is 0 Å². The SMILES string of the molecule is CC(C)(C)c1ccnc(-c2ccc(-c3ccccc3Br)c(C3=CCCC=C3)c2)c1. The van der Waals surface area contributed by atoms with Gasteiger partial charge >= 0.3 is 0 Å². The zero-order valence-corrected chi connectivity index (χ0v) is 18.8. The van der Waals surface area contributed by atoms with Gasteiger partial charge in [-0.2, -0.15) is 0 Å². The van der Waals surface area contributed by atoms with Crippen molar-refractivity contribution in [1.29, 1.82) is 0 Å². The number of halogens is 1.